The molecule has 0 atom stereocenters. The topological polar surface area (TPSA) is 39.2 Å². The first-order valence-electron chi connectivity index (χ1n) is 6.39. The molecule has 1 aliphatic rings. The molecule has 2 rings (SSSR count). The normalized spacial score (nSPS) is 19.2. The first-order chi connectivity index (χ1) is 8.87. The molecule has 19 heavy (non-hydrogen) atoms. The average molecular weight is 286 g/mol. The third kappa shape index (κ3) is 3.66. The minimum atomic E-state index is -0.596. The van der Waals surface area contributed by atoms with Gasteiger partial charge in [0, 0.05) is 0 Å². The van der Waals surface area contributed by atoms with Crippen molar-refractivity contribution < 1.29 is 13.9 Å². The van der Waals surface area contributed by atoms with Gasteiger partial charge in [-0.25, -0.2) is 14.2 Å². The summed E-state index contributed by atoms with van der Waals surface area (Å²) in [4.78, 5) is 15.5. The van der Waals surface area contributed by atoms with Crippen molar-refractivity contribution in [3.63, 3.8) is 0 Å². The number of hydrogen-bond donors (Lipinski definition) is 0. The smallest absolute Gasteiger partial charge is 0.341 e. The lowest BCUT2D eigenvalue weighted by molar-refractivity contribution is 0.00944. The molecule has 0 unspecified atom stereocenters. The van der Waals surface area contributed by atoms with Crippen molar-refractivity contribution in [2.45, 2.75) is 45.6 Å². The molecular formula is C14H17ClFNO2. The van der Waals surface area contributed by atoms with Gasteiger partial charge in [-0.3, -0.25) is 0 Å². The van der Waals surface area contributed by atoms with Crippen LogP contribution >= 0.6 is 11.6 Å². The number of aromatic nitrogens is 1. The van der Waals surface area contributed by atoms with E-state index in [2.05, 4.69) is 18.8 Å². The van der Waals surface area contributed by atoms with Crippen molar-refractivity contribution in [3.8, 4) is 0 Å². The quantitative estimate of drug-likeness (QED) is 0.609. The van der Waals surface area contributed by atoms with E-state index in [1.807, 2.05) is 0 Å². The van der Waals surface area contributed by atoms with Crippen LogP contribution in [0.1, 0.15) is 49.9 Å². The van der Waals surface area contributed by atoms with Gasteiger partial charge in [-0.05, 0) is 37.2 Å². The maximum absolute atomic E-state index is 13.1. The van der Waals surface area contributed by atoms with Crippen LogP contribution in [0.3, 0.4) is 0 Å². The standard InChI is InChI=1S/C14H17ClFNO2/c1-14(2)5-3-10(4-6-14)19-13(18)11-7-9(16)8-17-12(11)15/h7-8,10H,3-6H2,1-2H3. The zero-order chi connectivity index (χ0) is 14.0. The van der Waals surface area contributed by atoms with Gasteiger partial charge in [-0.2, -0.15) is 0 Å². The Morgan fingerprint density at radius 2 is 2.11 bits per heavy atom. The van der Waals surface area contributed by atoms with Crippen molar-refractivity contribution in [3.05, 3.63) is 28.8 Å². The summed E-state index contributed by atoms with van der Waals surface area (Å²) in [5, 5.41) is -0.0254. The van der Waals surface area contributed by atoms with Crippen LogP contribution in [0.15, 0.2) is 12.3 Å². The van der Waals surface area contributed by atoms with Gasteiger partial charge < -0.3 is 4.74 Å². The van der Waals surface area contributed by atoms with E-state index >= 15 is 0 Å². The van der Waals surface area contributed by atoms with Crippen molar-refractivity contribution in [1.82, 2.24) is 4.98 Å². The molecule has 1 aliphatic carbocycles. The van der Waals surface area contributed by atoms with Gasteiger partial charge in [0.05, 0.1) is 11.8 Å². The zero-order valence-electron chi connectivity index (χ0n) is 11.1. The fourth-order valence-corrected chi connectivity index (χ4v) is 2.45. The van der Waals surface area contributed by atoms with Crippen LogP contribution in [0.2, 0.25) is 5.15 Å². The van der Waals surface area contributed by atoms with E-state index in [4.69, 9.17) is 16.3 Å². The summed E-state index contributed by atoms with van der Waals surface area (Å²) >= 11 is 5.78. The number of carbonyl (C=O) groups is 1. The Hall–Kier alpha value is -1.16. The van der Waals surface area contributed by atoms with E-state index in [1.165, 1.54) is 0 Å². The number of esters is 1. The Balaban J connectivity index is 2.00. The molecule has 0 spiro atoms. The van der Waals surface area contributed by atoms with Crippen LogP contribution in [0.25, 0.3) is 0 Å². The number of rotatable bonds is 2. The monoisotopic (exact) mass is 285 g/mol. The van der Waals surface area contributed by atoms with Gasteiger partial charge in [0.1, 0.15) is 17.1 Å². The highest BCUT2D eigenvalue weighted by atomic mass is 35.5. The van der Waals surface area contributed by atoms with E-state index in [-0.39, 0.29) is 16.8 Å². The van der Waals surface area contributed by atoms with Gasteiger partial charge in [0.25, 0.3) is 0 Å². The molecule has 1 aromatic rings. The molecule has 0 aliphatic heterocycles. The molecule has 3 nitrogen and oxygen atoms in total. The second-order valence-electron chi connectivity index (χ2n) is 5.76. The average Bonchev–Trinajstić information content (AvgIpc) is 2.35. The maximum Gasteiger partial charge on any atom is 0.341 e. The Labute approximate surface area is 117 Å². The molecule has 0 saturated heterocycles. The van der Waals surface area contributed by atoms with E-state index in [9.17, 15) is 9.18 Å². The molecule has 0 radical (unpaired) electrons. The first kappa shape index (κ1) is 14.3. The predicted molar refractivity (Wildman–Crippen MR) is 70.7 cm³/mol. The Morgan fingerprint density at radius 3 is 2.74 bits per heavy atom. The summed E-state index contributed by atoms with van der Waals surface area (Å²) in [5.41, 5.74) is 0.299. The molecular weight excluding hydrogens is 269 g/mol. The third-order valence-electron chi connectivity index (χ3n) is 3.59. The lowest BCUT2D eigenvalue weighted by atomic mass is 9.76. The minimum absolute atomic E-state index is 0.00787. The number of ether oxygens (including phenoxy) is 1. The predicted octanol–water partition coefficient (Wildman–Crippen LogP) is 4.00. The van der Waals surface area contributed by atoms with Crippen LogP contribution in [-0.4, -0.2) is 17.1 Å². The molecule has 0 amide bonds. The van der Waals surface area contributed by atoms with Gasteiger partial charge in [0.2, 0.25) is 0 Å². The van der Waals surface area contributed by atoms with Crippen LogP contribution in [-0.2, 0) is 4.74 Å². The van der Waals surface area contributed by atoms with Crippen LogP contribution in [0.5, 0.6) is 0 Å². The Kier molecular flexibility index (Phi) is 4.09. The summed E-state index contributed by atoms with van der Waals surface area (Å²) in [6.45, 7) is 4.41. The van der Waals surface area contributed by atoms with Crippen molar-refractivity contribution in [2.75, 3.05) is 0 Å². The largest absolute Gasteiger partial charge is 0.459 e. The second-order valence-corrected chi connectivity index (χ2v) is 6.12. The fraction of sp³-hybridized carbons (Fsp3) is 0.571. The summed E-state index contributed by atoms with van der Waals surface area (Å²) < 4.78 is 18.4. The van der Waals surface area contributed by atoms with Gasteiger partial charge in [-0.15, -0.1) is 0 Å². The second kappa shape index (κ2) is 5.45. The minimum Gasteiger partial charge on any atom is -0.459 e. The number of nitrogens with zero attached hydrogens (tertiary/aromatic N) is 1. The van der Waals surface area contributed by atoms with Crippen molar-refractivity contribution in [2.24, 2.45) is 5.41 Å². The van der Waals surface area contributed by atoms with E-state index in [0.29, 0.717) is 5.41 Å². The third-order valence-corrected chi connectivity index (χ3v) is 3.89. The SMILES string of the molecule is CC1(C)CCC(OC(=O)c2cc(F)cnc2Cl)CC1. The van der Waals surface area contributed by atoms with Crippen molar-refractivity contribution >= 4 is 17.6 Å². The Bertz CT molecular complexity index is 480. The van der Waals surface area contributed by atoms with Crippen LogP contribution < -0.4 is 0 Å². The maximum atomic E-state index is 13.1. The van der Waals surface area contributed by atoms with Gasteiger partial charge in [0.15, 0.2) is 0 Å². The van der Waals surface area contributed by atoms with Gasteiger partial charge in [-0.1, -0.05) is 25.4 Å². The number of pyridine rings is 1. The zero-order valence-corrected chi connectivity index (χ0v) is 11.8. The van der Waals surface area contributed by atoms with Gasteiger partial charge >= 0.3 is 5.97 Å². The molecule has 0 aromatic carbocycles. The summed E-state index contributed by atoms with van der Waals surface area (Å²) in [5.74, 6) is -1.19. The van der Waals surface area contributed by atoms with E-state index < -0.39 is 11.8 Å². The van der Waals surface area contributed by atoms with E-state index in [0.717, 1.165) is 37.9 Å². The molecule has 1 heterocycles. The van der Waals surface area contributed by atoms with E-state index in [1.54, 1.807) is 0 Å². The number of carbonyl (C=O) groups excluding carboxylic acids is 1. The van der Waals surface area contributed by atoms with Crippen molar-refractivity contribution in [1.29, 1.82) is 0 Å². The molecule has 1 saturated carbocycles. The van der Waals surface area contributed by atoms with Crippen LogP contribution in [0.4, 0.5) is 4.39 Å². The van der Waals surface area contributed by atoms with Crippen LogP contribution in [0, 0.1) is 11.2 Å². The molecule has 5 heteroatoms. The lowest BCUT2D eigenvalue weighted by Crippen LogP contribution is -2.28. The number of hydrogen-bond acceptors (Lipinski definition) is 3. The molecule has 1 fully saturated rings. The highest BCUT2D eigenvalue weighted by molar-refractivity contribution is 6.32. The molecule has 0 bridgehead atoms. The Morgan fingerprint density at radius 1 is 1.47 bits per heavy atom. The summed E-state index contributed by atoms with van der Waals surface area (Å²) in [6, 6.07) is 1.06. The first-order valence-corrected chi connectivity index (χ1v) is 6.77. The highest BCUT2D eigenvalue weighted by Crippen LogP contribution is 2.36. The molecule has 1 aromatic heterocycles. The molecule has 104 valence electrons. The molecule has 0 N–H and O–H groups in total. The summed E-state index contributed by atoms with van der Waals surface area (Å²) in [6.07, 6.45) is 4.56. The highest BCUT2D eigenvalue weighted by Gasteiger charge is 2.29. The fourth-order valence-electron chi connectivity index (χ4n) is 2.27. The summed E-state index contributed by atoms with van der Waals surface area (Å²) in [7, 11) is 0. The number of halogens is 2. The lowest BCUT2D eigenvalue weighted by Gasteiger charge is -2.33.